The van der Waals surface area contributed by atoms with Crippen molar-refractivity contribution >= 4 is 90.7 Å². The van der Waals surface area contributed by atoms with Crippen LogP contribution < -0.4 is 0 Å². The molecule has 4 N–H and O–H groups in total. The molecule has 7 nitrogen and oxygen atoms in total. The van der Waals surface area contributed by atoms with Gasteiger partial charge in [0.05, 0.1) is 12.8 Å². The van der Waals surface area contributed by atoms with E-state index in [1.807, 2.05) is 0 Å². The Kier molecular flexibility index (Phi) is 18.8. The minimum absolute atomic E-state index is 0. The van der Waals surface area contributed by atoms with Gasteiger partial charge in [0.15, 0.2) is 5.60 Å². The van der Waals surface area contributed by atoms with Crippen LogP contribution in [0.3, 0.4) is 0 Å². The Morgan fingerprint density at radius 3 is 1.38 bits per heavy atom. The molecule has 90 valence electrons. The van der Waals surface area contributed by atoms with Gasteiger partial charge in [-0.25, -0.2) is 4.79 Å². The third-order valence-electron chi connectivity index (χ3n) is 1.29. The molecule has 0 unspecified atom stereocenters. The van der Waals surface area contributed by atoms with Gasteiger partial charge in [-0.05, 0) is 0 Å². The summed E-state index contributed by atoms with van der Waals surface area (Å²) >= 11 is 0. The van der Waals surface area contributed by atoms with Crippen molar-refractivity contribution in [1.82, 2.24) is 0 Å². The van der Waals surface area contributed by atoms with E-state index in [0.29, 0.717) is 0 Å². The molecule has 0 saturated heterocycles. The maximum atomic E-state index is 10.3. The van der Waals surface area contributed by atoms with Crippen LogP contribution >= 0.6 is 0 Å². The first-order valence-corrected chi connectivity index (χ1v) is 3.17. The number of aliphatic hydroxyl groups is 1. The summed E-state index contributed by atoms with van der Waals surface area (Å²) in [6, 6.07) is 0. The largest absolute Gasteiger partial charge is 0 e. The first-order valence-electron chi connectivity index (χ1n) is 3.17. The average Bonchev–Trinajstić information content (AvgIpc) is 1.82. The minimum atomic E-state index is -2.74. The zero-order valence-electron chi connectivity index (χ0n) is 9.63. The number of carboxylic acids is 3. The Hall–Kier alpha value is 1.45. The Morgan fingerprint density at radius 1 is 1.00 bits per heavy atom. The maximum absolute atomic E-state index is 10.3. The Morgan fingerprint density at radius 2 is 1.25 bits per heavy atom. The number of aliphatic carboxylic acids is 3. The van der Waals surface area contributed by atoms with E-state index in [1.165, 1.54) is 0 Å². The van der Waals surface area contributed by atoms with Crippen LogP contribution in [0.5, 0.6) is 0 Å². The van der Waals surface area contributed by atoms with Crippen molar-refractivity contribution in [2.45, 2.75) is 18.4 Å². The van der Waals surface area contributed by atoms with Crippen LogP contribution in [0.1, 0.15) is 15.7 Å². The van der Waals surface area contributed by atoms with Crippen LogP contribution in [0.15, 0.2) is 0 Å². The number of carbonyl (C=O) groups is 3. The first kappa shape index (κ1) is 26.1. The topological polar surface area (TPSA) is 132 Å². The van der Waals surface area contributed by atoms with E-state index in [9.17, 15) is 14.4 Å². The molecule has 0 aliphatic heterocycles. The van der Waals surface area contributed by atoms with Crippen molar-refractivity contribution in [2.24, 2.45) is 0 Å². The number of carboxylic acid groups (broad SMARTS) is 3. The summed E-state index contributed by atoms with van der Waals surface area (Å²) in [7, 11) is 0. The van der Waals surface area contributed by atoms with Crippen LogP contribution in [0, 0.1) is 0 Å². The minimum Gasteiger partial charge on any atom is 0 e. The summed E-state index contributed by atoms with van der Waals surface area (Å²) in [5.41, 5.74) is -2.74. The van der Waals surface area contributed by atoms with Gasteiger partial charge < -0.3 is 23.3 Å². The molecule has 0 heterocycles. The van der Waals surface area contributed by atoms with Crippen molar-refractivity contribution in [1.29, 1.82) is 0 Å². The molecule has 0 bridgehead atoms. The SMILES string of the molecule is O=C(O)CC(O)(CC(=O)O)C(=O)O.[Ba+2].[H-].[H-].[SnH4].[Ti]. The van der Waals surface area contributed by atoms with Crippen molar-refractivity contribution < 1.29 is 59.4 Å². The van der Waals surface area contributed by atoms with E-state index in [1.54, 1.807) is 0 Å². The fraction of sp³-hybridized carbons (Fsp3) is 0.500. The van der Waals surface area contributed by atoms with Gasteiger partial charge >= 0.3 is 90.7 Å². The maximum Gasteiger partial charge on any atom is 0 e. The fourth-order valence-corrected chi connectivity index (χ4v) is 0.714. The Bertz CT molecular complexity index is 252. The molecule has 0 aliphatic rings. The fourth-order valence-electron chi connectivity index (χ4n) is 0.714. The predicted octanol–water partition coefficient (Wildman–Crippen LogP) is -2.86. The van der Waals surface area contributed by atoms with E-state index < -0.39 is 36.4 Å². The molecule has 0 rings (SSSR count). The summed E-state index contributed by atoms with van der Waals surface area (Å²) < 4.78 is 0. The summed E-state index contributed by atoms with van der Waals surface area (Å²) in [6.45, 7) is 0. The summed E-state index contributed by atoms with van der Waals surface area (Å²) in [5.74, 6) is -5.02. The molecule has 0 fully saturated rings. The molecule has 0 amide bonds. The molecule has 0 atom stereocenters. The van der Waals surface area contributed by atoms with Crippen LogP contribution in [0.4, 0.5) is 0 Å². The van der Waals surface area contributed by atoms with Gasteiger partial charge in [-0.15, -0.1) is 0 Å². The summed E-state index contributed by atoms with van der Waals surface area (Å²) in [6.07, 6.45) is -2.29. The van der Waals surface area contributed by atoms with Gasteiger partial charge in [0, 0.05) is 21.7 Å². The molecule has 0 aliphatic carbocycles. The predicted molar refractivity (Wildman–Crippen MR) is 56.4 cm³/mol. The molecule has 10 heteroatoms. The molecule has 16 heavy (non-hydrogen) atoms. The average molecular weight is 502 g/mol. The van der Waals surface area contributed by atoms with Crippen LogP contribution in [0.2, 0.25) is 0 Å². The number of hydrogen-bond acceptors (Lipinski definition) is 4. The Balaban J connectivity index is -0.0000000720. The monoisotopic (exact) mass is 504 g/mol. The molecule has 0 saturated carbocycles. The third kappa shape index (κ3) is 10.6. The standard InChI is InChI=1S/C6H8O7.Ba.Sn.Ti.6H/c7-3(8)1-6(13,5(11)12)2-4(9)10;;;;;;;;;/h13H,1-2H2,(H,7,8)(H,9,10)(H,11,12);;;;;;;;;/q;+2;;;;;;;2*-1. The molecule has 0 aromatic rings. The summed E-state index contributed by atoms with van der Waals surface area (Å²) in [4.78, 5) is 30.5. The normalized spacial score (nSPS) is 8.81. The van der Waals surface area contributed by atoms with Gasteiger partial charge in [-0.3, -0.25) is 9.59 Å². The summed E-state index contributed by atoms with van der Waals surface area (Å²) in [5, 5.41) is 33.8. The van der Waals surface area contributed by atoms with Crippen molar-refractivity contribution in [2.75, 3.05) is 0 Å². The van der Waals surface area contributed by atoms with E-state index in [0.717, 1.165) is 0 Å². The van der Waals surface area contributed by atoms with Gasteiger partial charge in [-0.1, -0.05) is 0 Å². The third-order valence-corrected chi connectivity index (χ3v) is 1.29. The first-order chi connectivity index (χ1) is 5.78. The molecular formula is C6H14BaO7SnTi. The van der Waals surface area contributed by atoms with E-state index in [-0.39, 0.29) is 97.4 Å². The quantitative estimate of drug-likeness (QED) is 0.298. The van der Waals surface area contributed by atoms with Crippen LogP contribution in [-0.2, 0) is 36.1 Å². The molecule has 0 radical (unpaired) electrons. The molecule has 0 aromatic heterocycles. The van der Waals surface area contributed by atoms with Gasteiger partial charge in [0.2, 0.25) is 0 Å². The van der Waals surface area contributed by atoms with E-state index in [4.69, 9.17) is 20.4 Å². The van der Waals surface area contributed by atoms with Gasteiger partial charge in [0.25, 0.3) is 0 Å². The van der Waals surface area contributed by atoms with Crippen molar-refractivity contribution in [3.63, 3.8) is 0 Å². The second-order valence-corrected chi connectivity index (χ2v) is 2.48. The number of hydrogen-bond donors (Lipinski definition) is 4. The van der Waals surface area contributed by atoms with Crippen LogP contribution in [-0.4, -0.2) is 117 Å². The smallest absolute Gasteiger partial charge is 0 e. The van der Waals surface area contributed by atoms with Gasteiger partial charge in [0.1, 0.15) is 0 Å². The second-order valence-electron chi connectivity index (χ2n) is 2.48. The van der Waals surface area contributed by atoms with E-state index in [2.05, 4.69) is 0 Å². The zero-order chi connectivity index (χ0) is 10.6. The second kappa shape index (κ2) is 11.5. The molecule has 0 spiro atoms. The zero-order valence-corrected chi connectivity index (χ0v) is 13.6. The van der Waals surface area contributed by atoms with E-state index >= 15 is 0 Å². The Labute approximate surface area is 166 Å². The van der Waals surface area contributed by atoms with Crippen molar-refractivity contribution in [3.8, 4) is 0 Å². The molecule has 0 aromatic carbocycles. The number of rotatable bonds is 5. The van der Waals surface area contributed by atoms with Gasteiger partial charge in [-0.2, -0.15) is 0 Å². The van der Waals surface area contributed by atoms with Crippen molar-refractivity contribution in [3.05, 3.63) is 0 Å². The molecular weight excluding hydrogens is 488 g/mol. The van der Waals surface area contributed by atoms with Crippen LogP contribution in [0.25, 0.3) is 0 Å².